The van der Waals surface area contributed by atoms with Gasteiger partial charge in [0.1, 0.15) is 5.82 Å². The van der Waals surface area contributed by atoms with E-state index in [2.05, 4.69) is 0 Å². The molecule has 0 bridgehead atoms. The zero-order valence-corrected chi connectivity index (χ0v) is 11.6. The summed E-state index contributed by atoms with van der Waals surface area (Å²) < 4.78 is 39.6. The van der Waals surface area contributed by atoms with Crippen molar-refractivity contribution in [3.05, 3.63) is 29.6 Å². The van der Waals surface area contributed by atoms with Crippen LogP contribution in [0.1, 0.15) is 18.4 Å². The first-order valence-corrected chi connectivity index (χ1v) is 7.78. The number of hydrogen-bond donors (Lipinski definition) is 0. The average Bonchev–Trinajstić information content (AvgIpc) is 2.81. The van der Waals surface area contributed by atoms with E-state index in [1.807, 2.05) is 0 Å². The first kappa shape index (κ1) is 13.8. The van der Waals surface area contributed by atoms with Gasteiger partial charge in [0.25, 0.3) is 0 Å². The molecule has 1 unspecified atom stereocenters. The molecule has 3 nitrogen and oxygen atoms in total. The second-order valence-electron chi connectivity index (χ2n) is 4.48. The van der Waals surface area contributed by atoms with E-state index in [9.17, 15) is 12.8 Å². The fourth-order valence-corrected chi connectivity index (χ4v) is 4.59. The maximum atomic E-state index is 13.2. The highest BCUT2D eigenvalue weighted by Gasteiger charge is 2.35. The molecule has 1 saturated heterocycles. The van der Waals surface area contributed by atoms with Crippen LogP contribution in [0, 0.1) is 12.7 Å². The summed E-state index contributed by atoms with van der Waals surface area (Å²) in [5.41, 5.74) is 0.552. The molecule has 18 heavy (non-hydrogen) atoms. The molecular weight excluding hydrogens is 277 g/mol. The van der Waals surface area contributed by atoms with Crippen molar-refractivity contribution in [3.63, 3.8) is 0 Å². The number of sulfonamides is 1. The van der Waals surface area contributed by atoms with E-state index < -0.39 is 15.8 Å². The predicted molar refractivity (Wildman–Crippen MR) is 68.8 cm³/mol. The Morgan fingerprint density at radius 2 is 2.22 bits per heavy atom. The van der Waals surface area contributed by atoms with E-state index in [1.54, 1.807) is 6.92 Å². The molecule has 0 amide bonds. The van der Waals surface area contributed by atoms with Crippen LogP contribution >= 0.6 is 11.6 Å². The second-order valence-corrected chi connectivity index (χ2v) is 6.64. The molecule has 1 aromatic carbocycles. The lowest BCUT2D eigenvalue weighted by atomic mass is 10.2. The van der Waals surface area contributed by atoms with E-state index >= 15 is 0 Å². The predicted octanol–water partition coefficient (Wildman–Crippen LogP) is 2.53. The van der Waals surface area contributed by atoms with Gasteiger partial charge >= 0.3 is 0 Å². The number of benzene rings is 1. The van der Waals surface area contributed by atoms with Crippen LogP contribution < -0.4 is 0 Å². The second kappa shape index (κ2) is 5.15. The first-order chi connectivity index (χ1) is 8.46. The molecule has 6 heteroatoms. The first-order valence-electron chi connectivity index (χ1n) is 5.81. The Balaban J connectivity index is 2.45. The van der Waals surface area contributed by atoms with Gasteiger partial charge in [-0.3, -0.25) is 0 Å². The van der Waals surface area contributed by atoms with E-state index in [4.69, 9.17) is 11.6 Å². The molecule has 1 aliphatic rings. The van der Waals surface area contributed by atoms with Crippen molar-refractivity contribution in [1.82, 2.24) is 4.31 Å². The van der Waals surface area contributed by atoms with Crippen molar-refractivity contribution >= 4 is 21.6 Å². The Morgan fingerprint density at radius 1 is 1.50 bits per heavy atom. The quantitative estimate of drug-likeness (QED) is 0.803. The van der Waals surface area contributed by atoms with Crippen molar-refractivity contribution in [2.45, 2.75) is 30.7 Å². The molecule has 1 fully saturated rings. The van der Waals surface area contributed by atoms with Crippen molar-refractivity contribution in [3.8, 4) is 0 Å². The van der Waals surface area contributed by atoms with Gasteiger partial charge in [-0.1, -0.05) is 6.07 Å². The van der Waals surface area contributed by atoms with Crippen LogP contribution in [0.25, 0.3) is 0 Å². The lowest BCUT2D eigenvalue weighted by Gasteiger charge is -2.23. The minimum atomic E-state index is -3.64. The zero-order valence-electron chi connectivity index (χ0n) is 10.1. The Labute approximate surface area is 112 Å². The van der Waals surface area contributed by atoms with Crippen LogP contribution in [0.2, 0.25) is 0 Å². The standard InChI is InChI=1S/C12H15ClFNO2S/c1-9-4-5-10(14)7-12(9)18(16,17)15-6-2-3-11(15)8-13/h4-5,7,11H,2-3,6,8H2,1H3. The largest absolute Gasteiger partial charge is 0.243 e. The van der Waals surface area contributed by atoms with Gasteiger partial charge in [0.2, 0.25) is 10.0 Å². The van der Waals surface area contributed by atoms with Gasteiger partial charge in [0.15, 0.2) is 0 Å². The third-order valence-corrected chi connectivity index (χ3v) is 5.69. The number of halogens is 2. The third kappa shape index (κ3) is 2.39. The van der Waals surface area contributed by atoms with Crippen LogP contribution in [0.4, 0.5) is 4.39 Å². The highest BCUT2D eigenvalue weighted by molar-refractivity contribution is 7.89. The van der Waals surface area contributed by atoms with E-state index in [1.165, 1.54) is 16.4 Å². The lowest BCUT2D eigenvalue weighted by molar-refractivity contribution is 0.410. The molecule has 2 rings (SSSR count). The highest BCUT2D eigenvalue weighted by Crippen LogP contribution is 2.28. The Hall–Kier alpha value is -0.650. The van der Waals surface area contributed by atoms with Gasteiger partial charge < -0.3 is 0 Å². The van der Waals surface area contributed by atoms with E-state index in [-0.39, 0.29) is 16.8 Å². The highest BCUT2D eigenvalue weighted by atomic mass is 35.5. The molecule has 0 spiro atoms. The summed E-state index contributed by atoms with van der Waals surface area (Å²) >= 11 is 5.79. The summed E-state index contributed by atoms with van der Waals surface area (Å²) in [6, 6.07) is 3.64. The van der Waals surface area contributed by atoms with Crippen LogP contribution in [-0.4, -0.2) is 31.2 Å². The average molecular weight is 292 g/mol. The third-order valence-electron chi connectivity index (χ3n) is 3.24. The minimum absolute atomic E-state index is 0.0412. The zero-order chi connectivity index (χ0) is 13.3. The van der Waals surface area contributed by atoms with Gasteiger partial charge in [-0.25, -0.2) is 12.8 Å². The molecule has 0 N–H and O–H groups in total. The van der Waals surface area contributed by atoms with Gasteiger partial charge in [-0.15, -0.1) is 11.6 Å². The van der Waals surface area contributed by atoms with Crippen LogP contribution in [0.5, 0.6) is 0 Å². The van der Waals surface area contributed by atoms with Crippen molar-refractivity contribution in [2.75, 3.05) is 12.4 Å². The minimum Gasteiger partial charge on any atom is -0.207 e. The molecule has 0 radical (unpaired) electrons. The molecule has 1 atom stereocenters. The monoisotopic (exact) mass is 291 g/mol. The molecule has 0 aliphatic carbocycles. The summed E-state index contributed by atoms with van der Waals surface area (Å²) in [6.07, 6.45) is 1.56. The maximum Gasteiger partial charge on any atom is 0.243 e. The van der Waals surface area contributed by atoms with Crippen molar-refractivity contribution in [2.24, 2.45) is 0 Å². The molecule has 0 aromatic heterocycles. The summed E-state index contributed by atoms with van der Waals surface area (Å²) in [7, 11) is -3.64. The van der Waals surface area contributed by atoms with Crippen LogP contribution in [0.15, 0.2) is 23.1 Å². The number of hydrogen-bond acceptors (Lipinski definition) is 2. The van der Waals surface area contributed by atoms with Crippen LogP contribution in [0.3, 0.4) is 0 Å². The fraction of sp³-hybridized carbons (Fsp3) is 0.500. The Morgan fingerprint density at radius 3 is 2.89 bits per heavy atom. The molecule has 1 aromatic rings. The normalized spacial score (nSPS) is 21.4. The molecule has 0 saturated carbocycles. The number of aryl methyl sites for hydroxylation is 1. The SMILES string of the molecule is Cc1ccc(F)cc1S(=O)(=O)N1CCCC1CCl. The molecular formula is C12H15ClFNO2S. The molecule has 1 aliphatic heterocycles. The lowest BCUT2D eigenvalue weighted by Crippen LogP contribution is -2.36. The summed E-state index contributed by atoms with van der Waals surface area (Å²) in [6.45, 7) is 2.12. The smallest absolute Gasteiger partial charge is 0.207 e. The Kier molecular flexibility index (Phi) is 3.94. The summed E-state index contributed by atoms with van der Waals surface area (Å²) in [5, 5.41) is 0. The molecule has 100 valence electrons. The van der Waals surface area contributed by atoms with E-state index in [0.717, 1.165) is 18.9 Å². The van der Waals surface area contributed by atoms with Gasteiger partial charge in [-0.05, 0) is 37.5 Å². The number of rotatable bonds is 3. The molecule has 1 heterocycles. The topological polar surface area (TPSA) is 37.4 Å². The fourth-order valence-electron chi connectivity index (χ4n) is 2.26. The van der Waals surface area contributed by atoms with Gasteiger partial charge in [-0.2, -0.15) is 4.31 Å². The van der Waals surface area contributed by atoms with Crippen LogP contribution in [-0.2, 0) is 10.0 Å². The van der Waals surface area contributed by atoms with Gasteiger partial charge in [0, 0.05) is 18.5 Å². The van der Waals surface area contributed by atoms with Crippen molar-refractivity contribution in [1.29, 1.82) is 0 Å². The van der Waals surface area contributed by atoms with Crippen molar-refractivity contribution < 1.29 is 12.8 Å². The van der Waals surface area contributed by atoms with E-state index in [0.29, 0.717) is 12.1 Å². The maximum absolute atomic E-state index is 13.2. The summed E-state index contributed by atoms with van der Waals surface area (Å²) in [5.74, 6) is -0.270. The number of nitrogens with zero attached hydrogens (tertiary/aromatic N) is 1. The number of alkyl halides is 1. The Bertz CT molecular complexity index is 547. The van der Waals surface area contributed by atoms with Gasteiger partial charge in [0.05, 0.1) is 4.90 Å². The summed E-state index contributed by atoms with van der Waals surface area (Å²) in [4.78, 5) is 0.0412.